The minimum atomic E-state index is 0. The lowest BCUT2D eigenvalue weighted by atomic mass is 10.4. The Morgan fingerprint density at radius 1 is 0.857 bits per heavy atom. The first kappa shape index (κ1) is 29.2. The van der Waals surface area contributed by atoms with E-state index in [9.17, 15) is 9.59 Å². The van der Waals surface area contributed by atoms with Crippen LogP contribution in [0.4, 0.5) is 0 Å². The van der Waals surface area contributed by atoms with Crippen molar-refractivity contribution in [2.45, 2.75) is 69.2 Å². The molecule has 0 spiro atoms. The number of Topliss-reactive ketones (excluding diaryl/α,β-unsaturated/α-hetero) is 2. The summed E-state index contributed by atoms with van der Waals surface area (Å²) in [4.78, 5) is 19.3. The minimum absolute atomic E-state index is 0. The molecule has 0 heterocycles. The SMILES string of the molecule is C.C.CC(C)=O.CCC.CCC(C)=O. The first-order valence-corrected chi connectivity index (χ1v) is 4.38. The third-order valence-electron chi connectivity index (χ3n) is 0.498. The normalized spacial score (nSPS) is 5.86. The fourth-order valence-corrected chi connectivity index (χ4v) is 0. The summed E-state index contributed by atoms with van der Waals surface area (Å²) in [5.41, 5.74) is 0. The van der Waals surface area contributed by atoms with Crippen molar-refractivity contribution in [1.82, 2.24) is 0 Å². The van der Waals surface area contributed by atoms with Crippen LogP contribution in [0.3, 0.4) is 0 Å². The molecule has 2 nitrogen and oxygen atoms in total. The lowest BCUT2D eigenvalue weighted by molar-refractivity contribution is -0.117. The second kappa shape index (κ2) is 29.5. The van der Waals surface area contributed by atoms with Gasteiger partial charge in [0.2, 0.25) is 0 Å². The van der Waals surface area contributed by atoms with Crippen molar-refractivity contribution < 1.29 is 9.59 Å². The predicted octanol–water partition coefficient (Wildman–Crippen LogP) is 4.27. The molecule has 0 saturated carbocycles. The summed E-state index contributed by atoms with van der Waals surface area (Å²) in [6.07, 6.45) is 1.92. The Balaban J connectivity index is -0.0000000278. The van der Waals surface area contributed by atoms with Crippen LogP contribution in [0.25, 0.3) is 0 Å². The van der Waals surface area contributed by atoms with Crippen LogP contribution in [0.2, 0.25) is 0 Å². The Bertz CT molecular complexity index is 103. The number of hydrogen-bond donors (Lipinski definition) is 0. The maximum Gasteiger partial charge on any atom is 0.129 e. The molecule has 2 heteroatoms. The standard InChI is InChI=1S/C4H8O.C3H6O.C3H8.2CH4/c1-3-4(2)5;1-3(2)4;1-3-2;;/h3H2,1-2H3;1-2H3;3H2,1-2H3;2*1H4. The van der Waals surface area contributed by atoms with E-state index in [0.29, 0.717) is 6.42 Å². The van der Waals surface area contributed by atoms with Crippen molar-refractivity contribution in [1.29, 1.82) is 0 Å². The fraction of sp³-hybridized carbons (Fsp3) is 0.833. The number of ketones is 2. The van der Waals surface area contributed by atoms with Gasteiger partial charge in [-0.05, 0) is 20.8 Å². The minimum Gasteiger partial charge on any atom is -0.300 e. The van der Waals surface area contributed by atoms with Gasteiger partial charge >= 0.3 is 0 Å². The van der Waals surface area contributed by atoms with Gasteiger partial charge in [0.1, 0.15) is 11.6 Å². The number of carbonyl (C=O) groups excluding carboxylic acids is 2. The number of rotatable bonds is 1. The van der Waals surface area contributed by atoms with Gasteiger partial charge in [-0.1, -0.05) is 42.0 Å². The zero-order valence-corrected chi connectivity index (χ0v) is 9.23. The van der Waals surface area contributed by atoms with E-state index in [1.165, 1.54) is 20.3 Å². The largest absolute Gasteiger partial charge is 0.300 e. The summed E-state index contributed by atoms with van der Waals surface area (Å²) in [5.74, 6) is 0.421. The van der Waals surface area contributed by atoms with E-state index in [1.807, 2.05) is 6.92 Å². The van der Waals surface area contributed by atoms with Crippen molar-refractivity contribution in [3.63, 3.8) is 0 Å². The van der Waals surface area contributed by atoms with Gasteiger partial charge < -0.3 is 9.59 Å². The lowest BCUT2D eigenvalue weighted by Crippen LogP contribution is -1.80. The van der Waals surface area contributed by atoms with Crippen LogP contribution in [0.1, 0.15) is 69.2 Å². The quantitative estimate of drug-likeness (QED) is 0.642. The molecule has 90 valence electrons. The zero-order chi connectivity index (χ0) is 10.6. The average molecular weight is 206 g/mol. The summed E-state index contributed by atoms with van der Waals surface area (Å²) in [5, 5.41) is 0. The molecule has 0 aromatic rings. The molecule has 14 heavy (non-hydrogen) atoms. The molecule has 0 bridgehead atoms. The molecule has 0 fully saturated rings. The predicted molar refractivity (Wildman–Crippen MR) is 66.8 cm³/mol. The maximum absolute atomic E-state index is 9.81. The highest BCUT2D eigenvalue weighted by atomic mass is 16.1. The summed E-state index contributed by atoms with van der Waals surface area (Å²) in [6.45, 7) is 10.7. The third-order valence-corrected chi connectivity index (χ3v) is 0.498. The average Bonchev–Trinajstić information content (AvgIpc) is 1.88. The van der Waals surface area contributed by atoms with E-state index < -0.39 is 0 Å². The lowest BCUT2D eigenvalue weighted by Gasteiger charge is -1.71. The van der Waals surface area contributed by atoms with Crippen molar-refractivity contribution in [2.24, 2.45) is 0 Å². The Kier molecular flexibility index (Phi) is 61.4. The zero-order valence-electron chi connectivity index (χ0n) is 9.23. The van der Waals surface area contributed by atoms with Gasteiger partial charge in [-0.25, -0.2) is 0 Å². The number of hydrogen-bond acceptors (Lipinski definition) is 2. The summed E-state index contributed by atoms with van der Waals surface area (Å²) < 4.78 is 0. The highest BCUT2D eigenvalue weighted by Crippen LogP contribution is 1.71. The smallest absolute Gasteiger partial charge is 0.129 e. The van der Waals surface area contributed by atoms with Gasteiger partial charge in [-0.2, -0.15) is 0 Å². The molecule has 0 aliphatic rings. The van der Waals surface area contributed by atoms with E-state index in [0.717, 1.165) is 0 Å². The molecule has 0 amide bonds. The van der Waals surface area contributed by atoms with Crippen molar-refractivity contribution in [3.05, 3.63) is 0 Å². The van der Waals surface area contributed by atoms with E-state index >= 15 is 0 Å². The molecular weight excluding hydrogens is 176 g/mol. The summed E-state index contributed by atoms with van der Waals surface area (Å²) >= 11 is 0. The molecule has 0 saturated heterocycles. The van der Waals surface area contributed by atoms with E-state index in [-0.39, 0.29) is 26.4 Å². The van der Waals surface area contributed by atoms with Gasteiger partial charge in [0.15, 0.2) is 0 Å². The van der Waals surface area contributed by atoms with Gasteiger partial charge in [0, 0.05) is 6.42 Å². The molecule has 0 aliphatic carbocycles. The molecule has 0 radical (unpaired) electrons. The first-order chi connectivity index (χ1) is 5.42. The van der Waals surface area contributed by atoms with Gasteiger partial charge in [0.05, 0.1) is 0 Å². The first-order valence-electron chi connectivity index (χ1n) is 4.38. The molecule has 0 N–H and O–H groups in total. The van der Waals surface area contributed by atoms with Crippen LogP contribution < -0.4 is 0 Å². The molecule has 0 aromatic carbocycles. The molecule has 0 aliphatic heterocycles. The molecular formula is C12H30O2. The van der Waals surface area contributed by atoms with Crippen LogP contribution in [0.15, 0.2) is 0 Å². The van der Waals surface area contributed by atoms with Crippen molar-refractivity contribution >= 4 is 11.6 Å². The second-order valence-corrected chi connectivity index (χ2v) is 2.67. The van der Waals surface area contributed by atoms with Crippen LogP contribution in [-0.2, 0) is 9.59 Å². The summed E-state index contributed by atoms with van der Waals surface area (Å²) in [7, 11) is 0. The van der Waals surface area contributed by atoms with E-state index in [2.05, 4.69) is 13.8 Å². The summed E-state index contributed by atoms with van der Waals surface area (Å²) in [6, 6.07) is 0. The Hall–Kier alpha value is -0.660. The molecule has 0 rings (SSSR count). The van der Waals surface area contributed by atoms with Crippen molar-refractivity contribution in [2.75, 3.05) is 0 Å². The molecule has 0 atom stereocenters. The highest BCUT2D eigenvalue weighted by Gasteiger charge is 1.76. The second-order valence-electron chi connectivity index (χ2n) is 2.67. The van der Waals surface area contributed by atoms with Crippen molar-refractivity contribution in [3.8, 4) is 0 Å². The Morgan fingerprint density at radius 3 is 0.929 bits per heavy atom. The van der Waals surface area contributed by atoms with Crippen LogP contribution in [0.5, 0.6) is 0 Å². The Morgan fingerprint density at radius 2 is 0.929 bits per heavy atom. The molecule has 0 aromatic heterocycles. The van der Waals surface area contributed by atoms with Gasteiger partial charge in [-0.3, -0.25) is 0 Å². The van der Waals surface area contributed by atoms with E-state index in [1.54, 1.807) is 6.92 Å². The van der Waals surface area contributed by atoms with Gasteiger partial charge in [-0.15, -0.1) is 0 Å². The van der Waals surface area contributed by atoms with Gasteiger partial charge in [0.25, 0.3) is 0 Å². The fourth-order valence-electron chi connectivity index (χ4n) is 0. The van der Waals surface area contributed by atoms with Crippen LogP contribution in [0, 0.1) is 0 Å². The third kappa shape index (κ3) is 675. The van der Waals surface area contributed by atoms with Crippen LogP contribution in [-0.4, -0.2) is 11.6 Å². The topological polar surface area (TPSA) is 34.1 Å². The van der Waals surface area contributed by atoms with E-state index in [4.69, 9.17) is 0 Å². The Labute approximate surface area is 91.1 Å². The number of carbonyl (C=O) groups is 2. The monoisotopic (exact) mass is 206 g/mol. The maximum atomic E-state index is 9.81. The highest BCUT2D eigenvalue weighted by molar-refractivity contribution is 5.74. The van der Waals surface area contributed by atoms with Crippen LogP contribution >= 0.6 is 0 Å². The molecule has 0 unspecified atom stereocenters.